The molecule has 0 aliphatic heterocycles. The fourth-order valence-electron chi connectivity index (χ4n) is 2.03. The third kappa shape index (κ3) is 5.85. The maximum Gasteiger partial charge on any atom is 0.0443 e. The maximum absolute atomic E-state index is 8.87. The lowest BCUT2D eigenvalue weighted by Gasteiger charge is -2.26. The topological polar surface area (TPSA) is 23.5 Å². The van der Waals surface area contributed by atoms with Crippen molar-refractivity contribution in [2.75, 3.05) is 19.7 Å². The van der Waals surface area contributed by atoms with Crippen LogP contribution in [0.5, 0.6) is 0 Å². The molecule has 0 atom stereocenters. The monoisotopic (exact) mass is 235 g/mol. The molecule has 1 aromatic rings. The summed E-state index contributed by atoms with van der Waals surface area (Å²) in [6, 6.07) is 11.2. The van der Waals surface area contributed by atoms with Crippen molar-refractivity contribution >= 4 is 0 Å². The van der Waals surface area contributed by atoms with E-state index in [1.807, 2.05) is 0 Å². The van der Waals surface area contributed by atoms with Crippen molar-refractivity contribution in [3.8, 4) is 0 Å². The van der Waals surface area contributed by atoms with E-state index in [-0.39, 0.29) is 0 Å². The molecule has 0 saturated heterocycles. The summed E-state index contributed by atoms with van der Waals surface area (Å²) >= 11 is 0. The molecule has 2 heteroatoms. The molecular weight excluding hydrogens is 210 g/mol. The highest BCUT2D eigenvalue weighted by atomic mass is 16.3. The second-order valence-electron chi connectivity index (χ2n) is 4.80. The van der Waals surface area contributed by atoms with Crippen molar-refractivity contribution in [3.63, 3.8) is 0 Å². The third-order valence-electron chi connectivity index (χ3n) is 3.09. The predicted octanol–water partition coefficient (Wildman–Crippen LogP) is 2.71. The zero-order valence-corrected chi connectivity index (χ0v) is 11.1. The van der Waals surface area contributed by atoms with Gasteiger partial charge in [0.15, 0.2) is 0 Å². The zero-order valence-electron chi connectivity index (χ0n) is 11.1. The van der Waals surface area contributed by atoms with Gasteiger partial charge in [-0.1, -0.05) is 30.3 Å². The Balaban J connectivity index is 2.27. The molecule has 96 valence electrons. The third-order valence-corrected chi connectivity index (χ3v) is 3.09. The highest BCUT2D eigenvalue weighted by molar-refractivity contribution is 5.14. The normalized spacial score (nSPS) is 11.4. The number of benzene rings is 1. The summed E-state index contributed by atoms with van der Waals surface area (Å²) in [6.07, 6.45) is 3.21. The number of aliphatic hydroxyl groups excluding tert-OH is 1. The number of nitrogens with zero attached hydrogens (tertiary/aromatic N) is 1. The molecule has 0 saturated carbocycles. The summed E-state index contributed by atoms with van der Waals surface area (Å²) in [5.74, 6) is 0. The number of rotatable bonds is 8. The molecule has 0 aromatic heterocycles. The van der Waals surface area contributed by atoms with Gasteiger partial charge in [0, 0.05) is 19.2 Å². The SMILES string of the molecule is CC(C)N(CCCO)CCCc1ccccc1. The Morgan fingerprint density at radius 2 is 1.71 bits per heavy atom. The number of aliphatic hydroxyl groups is 1. The van der Waals surface area contributed by atoms with Gasteiger partial charge in [-0.15, -0.1) is 0 Å². The number of aryl methyl sites for hydroxylation is 1. The molecule has 0 heterocycles. The summed E-state index contributed by atoms with van der Waals surface area (Å²) in [4.78, 5) is 2.44. The van der Waals surface area contributed by atoms with Crippen LogP contribution in [0.4, 0.5) is 0 Å². The molecule has 1 rings (SSSR count). The van der Waals surface area contributed by atoms with Crippen LogP contribution in [0.2, 0.25) is 0 Å². The maximum atomic E-state index is 8.87. The van der Waals surface area contributed by atoms with Gasteiger partial charge < -0.3 is 10.0 Å². The molecule has 0 fully saturated rings. The van der Waals surface area contributed by atoms with Crippen molar-refractivity contribution in [2.45, 2.75) is 39.2 Å². The second-order valence-corrected chi connectivity index (χ2v) is 4.80. The smallest absolute Gasteiger partial charge is 0.0443 e. The summed E-state index contributed by atoms with van der Waals surface area (Å²) in [5, 5.41) is 8.87. The first-order valence-electron chi connectivity index (χ1n) is 6.63. The Morgan fingerprint density at radius 3 is 2.29 bits per heavy atom. The van der Waals surface area contributed by atoms with Gasteiger partial charge in [0.25, 0.3) is 0 Å². The molecule has 0 aliphatic rings. The van der Waals surface area contributed by atoms with E-state index < -0.39 is 0 Å². The van der Waals surface area contributed by atoms with Crippen LogP contribution in [0.15, 0.2) is 30.3 Å². The Morgan fingerprint density at radius 1 is 1.06 bits per heavy atom. The lowest BCUT2D eigenvalue weighted by molar-refractivity contribution is 0.190. The average molecular weight is 235 g/mol. The molecule has 0 aliphatic carbocycles. The van der Waals surface area contributed by atoms with Gasteiger partial charge in [-0.2, -0.15) is 0 Å². The van der Waals surface area contributed by atoms with Crippen molar-refractivity contribution in [1.82, 2.24) is 4.90 Å². The van der Waals surface area contributed by atoms with Gasteiger partial charge in [0.1, 0.15) is 0 Å². The van der Waals surface area contributed by atoms with Crippen molar-refractivity contribution in [2.24, 2.45) is 0 Å². The van der Waals surface area contributed by atoms with E-state index in [2.05, 4.69) is 49.1 Å². The lowest BCUT2D eigenvalue weighted by atomic mass is 10.1. The van der Waals surface area contributed by atoms with Crippen LogP contribution in [0.1, 0.15) is 32.3 Å². The van der Waals surface area contributed by atoms with E-state index in [1.165, 1.54) is 12.0 Å². The molecule has 0 unspecified atom stereocenters. The summed E-state index contributed by atoms with van der Waals surface area (Å²) < 4.78 is 0. The van der Waals surface area contributed by atoms with E-state index >= 15 is 0 Å². The van der Waals surface area contributed by atoms with Crippen LogP contribution in [0, 0.1) is 0 Å². The molecule has 17 heavy (non-hydrogen) atoms. The minimum atomic E-state index is 0.294. The van der Waals surface area contributed by atoms with Crippen molar-refractivity contribution in [3.05, 3.63) is 35.9 Å². The van der Waals surface area contributed by atoms with Crippen LogP contribution in [-0.4, -0.2) is 35.7 Å². The van der Waals surface area contributed by atoms with E-state index in [4.69, 9.17) is 5.11 Å². The number of hydrogen-bond donors (Lipinski definition) is 1. The van der Waals surface area contributed by atoms with E-state index in [9.17, 15) is 0 Å². The molecule has 1 N–H and O–H groups in total. The first-order valence-corrected chi connectivity index (χ1v) is 6.63. The second kappa shape index (κ2) is 8.26. The Hall–Kier alpha value is -0.860. The summed E-state index contributed by atoms with van der Waals surface area (Å²) in [6.45, 7) is 6.86. The first-order chi connectivity index (χ1) is 8.24. The van der Waals surface area contributed by atoms with Crippen LogP contribution >= 0.6 is 0 Å². The fourth-order valence-corrected chi connectivity index (χ4v) is 2.03. The van der Waals surface area contributed by atoms with Crippen molar-refractivity contribution < 1.29 is 5.11 Å². The summed E-state index contributed by atoms with van der Waals surface area (Å²) in [5.41, 5.74) is 1.42. The van der Waals surface area contributed by atoms with Gasteiger partial charge in [0.05, 0.1) is 0 Å². The standard InChI is InChI=1S/C15H25NO/c1-14(2)16(12-7-13-17)11-6-10-15-8-4-3-5-9-15/h3-5,8-9,14,17H,6-7,10-13H2,1-2H3. The van der Waals surface area contributed by atoms with Gasteiger partial charge in [0.2, 0.25) is 0 Å². The molecule has 1 aromatic carbocycles. The first kappa shape index (κ1) is 14.2. The van der Waals surface area contributed by atoms with Crippen LogP contribution in [0.3, 0.4) is 0 Å². The summed E-state index contributed by atoms with van der Waals surface area (Å²) in [7, 11) is 0. The Bertz CT molecular complexity index is 284. The van der Waals surface area contributed by atoms with Gasteiger partial charge in [-0.3, -0.25) is 0 Å². The zero-order chi connectivity index (χ0) is 12.5. The molecule has 0 bridgehead atoms. The highest BCUT2D eigenvalue weighted by Gasteiger charge is 2.08. The largest absolute Gasteiger partial charge is 0.396 e. The lowest BCUT2D eigenvalue weighted by Crippen LogP contribution is -2.33. The van der Waals surface area contributed by atoms with Crippen molar-refractivity contribution in [1.29, 1.82) is 0 Å². The molecule has 0 radical (unpaired) electrons. The van der Waals surface area contributed by atoms with Gasteiger partial charge in [-0.25, -0.2) is 0 Å². The van der Waals surface area contributed by atoms with Crippen LogP contribution < -0.4 is 0 Å². The Kier molecular flexibility index (Phi) is 6.90. The molecular formula is C15H25NO. The Labute approximate surface area is 105 Å². The molecule has 0 amide bonds. The molecule has 0 spiro atoms. The van der Waals surface area contributed by atoms with E-state index in [0.29, 0.717) is 12.6 Å². The predicted molar refractivity (Wildman–Crippen MR) is 73.2 cm³/mol. The van der Waals surface area contributed by atoms with E-state index in [1.54, 1.807) is 0 Å². The number of hydrogen-bond acceptors (Lipinski definition) is 2. The highest BCUT2D eigenvalue weighted by Crippen LogP contribution is 2.06. The van der Waals surface area contributed by atoms with Crippen LogP contribution in [-0.2, 0) is 6.42 Å². The molecule has 2 nitrogen and oxygen atoms in total. The minimum absolute atomic E-state index is 0.294. The van der Waals surface area contributed by atoms with Gasteiger partial charge in [-0.05, 0) is 45.2 Å². The fraction of sp³-hybridized carbons (Fsp3) is 0.600. The van der Waals surface area contributed by atoms with Gasteiger partial charge >= 0.3 is 0 Å². The van der Waals surface area contributed by atoms with E-state index in [0.717, 1.165) is 25.9 Å². The minimum Gasteiger partial charge on any atom is -0.396 e. The average Bonchev–Trinajstić information content (AvgIpc) is 2.34. The van der Waals surface area contributed by atoms with Crippen LogP contribution in [0.25, 0.3) is 0 Å². The quantitative estimate of drug-likeness (QED) is 0.749.